The second-order valence-corrected chi connectivity index (χ2v) is 5.64. The number of nitrogens with one attached hydrogen (secondary N) is 2. The largest absolute Gasteiger partial charge is 0.465 e. The van der Waals surface area contributed by atoms with Gasteiger partial charge in [-0.25, -0.2) is 0 Å². The zero-order valence-corrected chi connectivity index (χ0v) is 16.7. The summed E-state index contributed by atoms with van der Waals surface area (Å²) in [5.74, 6) is -0.171. The van der Waals surface area contributed by atoms with E-state index in [2.05, 4.69) is 0 Å². The molecular weight excluding hydrogens is 464 g/mol. The van der Waals surface area contributed by atoms with Crippen molar-refractivity contribution in [3.8, 4) is 0 Å². The number of amidine groups is 2. The lowest BCUT2D eigenvalue weighted by atomic mass is 10.3. The molecule has 22 heavy (non-hydrogen) atoms. The molecule has 0 rings (SSSR count). The highest BCUT2D eigenvalue weighted by atomic mass is 79.9. The molecule has 0 amide bonds. The molecular formula is C10H20Br2N4O4S2. The predicted octanol–water partition coefficient (Wildman–Crippen LogP) is 1.26. The van der Waals surface area contributed by atoms with Crippen molar-refractivity contribution in [3.63, 3.8) is 0 Å². The summed E-state index contributed by atoms with van der Waals surface area (Å²) in [4.78, 5) is 22.5. The maximum Gasteiger partial charge on any atom is 0.306 e. The minimum Gasteiger partial charge on any atom is -0.465 e. The summed E-state index contributed by atoms with van der Waals surface area (Å²) in [6.07, 6.45) is -0.104. The quantitative estimate of drug-likeness (QED) is 0.165. The summed E-state index contributed by atoms with van der Waals surface area (Å²) < 4.78 is 9.66. The fourth-order valence-electron chi connectivity index (χ4n) is 0.963. The van der Waals surface area contributed by atoms with E-state index in [1.807, 2.05) is 0 Å². The second-order valence-electron chi connectivity index (χ2n) is 3.37. The number of hydrogen-bond donors (Lipinski definition) is 4. The number of carbonyl (C=O) groups excluding carboxylic acids is 2. The molecule has 0 radical (unpaired) electrons. The third kappa shape index (κ3) is 19.5. The van der Waals surface area contributed by atoms with Crippen LogP contribution < -0.4 is 11.5 Å². The van der Waals surface area contributed by atoms with E-state index in [4.69, 9.17) is 31.8 Å². The van der Waals surface area contributed by atoms with Crippen LogP contribution in [-0.2, 0) is 19.1 Å². The van der Waals surface area contributed by atoms with Gasteiger partial charge in [-0.1, -0.05) is 23.5 Å². The maximum atomic E-state index is 11.2. The van der Waals surface area contributed by atoms with Gasteiger partial charge in [0, 0.05) is 11.5 Å². The second kappa shape index (κ2) is 16.9. The molecule has 6 N–H and O–H groups in total. The van der Waals surface area contributed by atoms with E-state index >= 15 is 0 Å². The SMILES string of the molecule is Br.Br.N=C(N)SCCOC(=O)CCC(=O)OCCSC(=N)N. The van der Waals surface area contributed by atoms with Crippen molar-refractivity contribution in [1.29, 1.82) is 10.8 Å². The normalized spacial score (nSPS) is 8.91. The lowest BCUT2D eigenvalue weighted by Crippen LogP contribution is -2.14. The van der Waals surface area contributed by atoms with E-state index in [0.717, 1.165) is 23.5 Å². The van der Waals surface area contributed by atoms with Crippen LogP contribution in [-0.4, -0.2) is 47.0 Å². The molecule has 0 bridgehead atoms. The highest BCUT2D eigenvalue weighted by molar-refractivity contribution is 8.93. The van der Waals surface area contributed by atoms with Crippen molar-refractivity contribution >= 4 is 79.8 Å². The van der Waals surface area contributed by atoms with E-state index < -0.39 is 11.9 Å². The Morgan fingerprint density at radius 1 is 0.818 bits per heavy atom. The van der Waals surface area contributed by atoms with Gasteiger partial charge in [-0.2, -0.15) is 0 Å². The standard InChI is InChI=1S/C10H18N4O4S2.2BrH/c11-9(12)19-5-3-17-7(15)1-2-8(16)18-4-6-20-10(13)14;;/h1-6H2,(H3,11,12)(H3,13,14);2*1H. The molecule has 0 atom stereocenters. The van der Waals surface area contributed by atoms with Crippen LogP contribution in [0.1, 0.15) is 12.8 Å². The van der Waals surface area contributed by atoms with Crippen molar-refractivity contribution < 1.29 is 19.1 Å². The number of hydrogen-bond acceptors (Lipinski definition) is 8. The summed E-state index contributed by atoms with van der Waals surface area (Å²) in [5, 5.41) is 13.8. The van der Waals surface area contributed by atoms with Crippen LogP contribution in [0.3, 0.4) is 0 Å². The van der Waals surface area contributed by atoms with E-state index in [1.165, 1.54) is 0 Å². The van der Waals surface area contributed by atoms with Gasteiger partial charge in [-0.05, 0) is 0 Å². The first-order chi connectivity index (χ1) is 9.41. The molecule has 0 aliphatic carbocycles. The Balaban J connectivity index is -0.00000180. The molecule has 0 aliphatic heterocycles. The summed E-state index contributed by atoms with van der Waals surface area (Å²) in [7, 11) is 0. The summed E-state index contributed by atoms with van der Waals surface area (Å²) in [6, 6.07) is 0. The highest BCUT2D eigenvalue weighted by Crippen LogP contribution is 2.01. The van der Waals surface area contributed by atoms with Crippen molar-refractivity contribution in [2.75, 3.05) is 24.7 Å². The molecule has 0 aromatic rings. The Hall–Kier alpha value is -0.460. The molecule has 0 heterocycles. The fourth-order valence-corrected chi connectivity index (χ4v) is 1.74. The van der Waals surface area contributed by atoms with Gasteiger partial charge in [-0.3, -0.25) is 20.4 Å². The zero-order chi connectivity index (χ0) is 15.4. The average molecular weight is 484 g/mol. The third-order valence-electron chi connectivity index (χ3n) is 1.74. The molecule has 130 valence electrons. The van der Waals surface area contributed by atoms with E-state index in [1.54, 1.807) is 0 Å². The van der Waals surface area contributed by atoms with Crippen molar-refractivity contribution in [2.24, 2.45) is 11.5 Å². The zero-order valence-electron chi connectivity index (χ0n) is 11.7. The average Bonchev–Trinajstić information content (AvgIpc) is 2.37. The van der Waals surface area contributed by atoms with Crippen molar-refractivity contribution in [1.82, 2.24) is 0 Å². The topological polar surface area (TPSA) is 152 Å². The summed E-state index contributed by atoms with van der Waals surface area (Å²) in [5.41, 5.74) is 10.2. The Kier molecular flexibility index (Phi) is 20.3. The number of thioether (sulfide) groups is 2. The number of nitrogens with two attached hydrogens (primary N) is 2. The van der Waals surface area contributed by atoms with Gasteiger partial charge in [0.1, 0.15) is 13.2 Å². The monoisotopic (exact) mass is 482 g/mol. The Morgan fingerprint density at radius 3 is 1.41 bits per heavy atom. The van der Waals surface area contributed by atoms with E-state index in [9.17, 15) is 9.59 Å². The van der Waals surface area contributed by atoms with Crippen molar-refractivity contribution in [2.45, 2.75) is 12.8 Å². The van der Waals surface area contributed by atoms with Gasteiger partial charge < -0.3 is 20.9 Å². The van der Waals surface area contributed by atoms with Crippen LogP contribution in [0.4, 0.5) is 0 Å². The van der Waals surface area contributed by atoms with Gasteiger partial charge in [0.2, 0.25) is 0 Å². The molecule has 12 heteroatoms. The molecule has 0 unspecified atom stereocenters. The minimum absolute atomic E-state index is 0. The molecule has 0 saturated heterocycles. The lowest BCUT2D eigenvalue weighted by molar-refractivity contribution is -0.149. The van der Waals surface area contributed by atoms with Crippen LogP contribution in [0.5, 0.6) is 0 Å². The van der Waals surface area contributed by atoms with Gasteiger partial charge >= 0.3 is 11.9 Å². The van der Waals surface area contributed by atoms with Gasteiger partial charge in [0.05, 0.1) is 12.8 Å². The molecule has 0 fully saturated rings. The van der Waals surface area contributed by atoms with Gasteiger partial charge in [0.25, 0.3) is 0 Å². The van der Waals surface area contributed by atoms with E-state index in [-0.39, 0.29) is 70.4 Å². The third-order valence-corrected chi connectivity index (χ3v) is 3.10. The fraction of sp³-hybridized carbons (Fsp3) is 0.600. The first-order valence-corrected chi connectivity index (χ1v) is 7.64. The molecule has 0 aliphatic rings. The van der Waals surface area contributed by atoms with Crippen LogP contribution in [0, 0.1) is 10.8 Å². The number of halogens is 2. The van der Waals surface area contributed by atoms with Gasteiger partial charge in [-0.15, -0.1) is 34.0 Å². The Bertz CT molecular complexity index is 341. The smallest absolute Gasteiger partial charge is 0.306 e. The van der Waals surface area contributed by atoms with Crippen molar-refractivity contribution in [3.05, 3.63) is 0 Å². The Labute approximate surface area is 158 Å². The first kappa shape index (κ1) is 26.4. The number of ether oxygens (including phenoxy) is 2. The number of carbonyl (C=O) groups is 2. The lowest BCUT2D eigenvalue weighted by Gasteiger charge is -2.05. The Morgan fingerprint density at radius 2 is 1.14 bits per heavy atom. The summed E-state index contributed by atoms with van der Waals surface area (Å²) in [6.45, 7) is 0.292. The minimum atomic E-state index is -0.496. The maximum absolute atomic E-state index is 11.2. The van der Waals surface area contributed by atoms with Gasteiger partial charge in [0.15, 0.2) is 10.3 Å². The van der Waals surface area contributed by atoms with Crippen LogP contribution in [0.25, 0.3) is 0 Å². The first-order valence-electron chi connectivity index (χ1n) is 5.66. The number of rotatable bonds is 9. The van der Waals surface area contributed by atoms with Crippen LogP contribution in [0.2, 0.25) is 0 Å². The molecule has 0 aromatic heterocycles. The highest BCUT2D eigenvalue weighted by Gasteiger charge is 2.09. The van der Waals surface area contributed by atoms with Crippen LogP contribution >= 0.6 is 57.5 Å². The van der Waals surface area contributed by atoms with Crippen LogP contribution in [0.15, 0.2) is 0 Å². The predicted molar refractivity (Wildman–Crippen MR) is 101 cm³/mol. The molecule has 0 spiro atoms. The summed E-state index contributed by atoms with van der Waals surface area (Å²) >= 11 is 2.15. The molecule has 0 aromatic carbocycles. The van der Waals surface area contributed by atoms with E-state index in [0.29, 0.717) is 11.5 Å². The number of esters is 2. The molecule has 0 saturated carbocycles. The molecule has 8 nitrogen and oxygen atoms in total.